The molecule has 0 aliphatic carbocycles. The Morgan fingerprint density at radius 2 is 1.90 bits per heavy atom. The number of nitrogens with zero attached hydrogens (tertiary/aromatic N) is 1. The lowest BCUT2D eigenvalue weighted by atomic mass is 10.0. The summed E-state index contributed by atoms with van der Waals surface area (Å²) in [4.78, 5) is 12.2. The fraction of sp³-hybridized carbons (Fsp3) is 0.462. The number of anilines is 1. The molecule has 1 heterocycles. The topological polar surface area (TPSA) is 102 Å². The number of nitrogens with two attached hydrogens (primary N) is 1. The van der Waals surface area contributed by atoms with Gasteiger partial charge in [0.15, 0.2) is 0 Å². The van der Waals surface area contributed by atoms with Crippen LogP contribution < -0.4 is 11.1 Å². The summed E-state index contributed by atoms with van der Waals surface area (Å²) >= 11 is 0. The molecule has 0 saturated carbocycles. The van der Waals surface area contributed by atoms with E-state index in [9.17, 15) is 13.2 Å². The molecule has 1 aromatic carbocycles. The highest BCUT2D eigenvalue weighted by molar-refractivity contribution is 7.89. The zero-order chi connectivity index (χ0) is 15.6. The molecule has 3 N–H and O–H groups in total. The number of rotatable bonds is 4. The van der Waals surface area contributed by atoms with Crippen LogP contribution in [0.1, 0.15) is 0 Å². The van der Waals surface area contributed by atoms with Gasteiger partial charge in [-0.25, -0.2) is 12.7 Å². The summed E-state index contributed by atoms with van der Waals surface area (Å²) in [7, 11) is -0.536. The van der Waals surface area contributed by atoms with Crippen LogP contribution in [-0.2, 0) is 19.6 Å². The zero-order valence-electron chi connectivity index (χ0n) is 11.9. The summed E-state index contributed by atoms with van der Waals surface area (Å²) in [6.45, 7) is 0.679. The molecular weight excluding hydrogens is 294 g/mol. The fourth-order valence-corrected chi connectivity index (χ4v) is 2.90. The van der Waals surface area contributed by atoms with Gasteiger partial charge in [0.1, 0.15) is 0 Å². The second-order valence-corrected chi connectivity index (χ2v) is 7.26. The molecule has 2 unspecified atom stereocenters. The van der Waals surface area contributed by atoms with Gasteiger partial charge in [0.25, 0.3) is 0 Å². The van der Waals surface area contributed by atoms with Crippen molar-refractivity contribution in [2.45, 2.75) is 10.9 Å². The molecule has 7 nitrogen and oxygen atoms in total. The maximum Gasteiger partial charge on any atom is 0.242 e. The summed E-state index contributed by atoms with van der Waals surface area (Å²) in [5.74, 6) is -0.599. The summed E-state index contributed by atoms with van der Waals surface area (Å²) < 4.78 is 30.1. The molecule has 8 heteroatoms. The Balaban J connectivity index is 2.08. The molecule has 0 spiro atoms. The third kappa shape index (κ3) is 3.41. The highest BCUT2D eigenvalue weighted by Crippen LogP contribution is 2.19. The average molecular weight is 313 g/mol. The van der Waals surface area contributed by atoms with E-state index in [0.717, 1.165) is 4.31 Å². The van der Waals surface area contributed by atoms with Crippen molar-refractivity contribution in [3.05, 3.63) is 24.3 Å². The Morgan fingerprint density at radius 1 is 1.29 bits per heavy atom. The van der Waals surface area contributed by atoms with E-state index < -0.39 is 10.0 Å². The van der Waals surface area contributed by atoms with E-state index in [1.165, 1.54) is 26.2 Å². The normalized spacial score (nSPS) is 22.5. The van der Waals surface area contributed by atoms with E-state index >= 15 is 0 Å². The second-order valence-electron chi connectivity index (χ2n) is 5.11. The fourth-order valence-electron chi connectivity index (χ4n) is 2.00. The van der Waals surface area contributed by atoms with E-state index in [2.05, 4.69) is 5.32 Å². The number of ether oxygens (including phenoxy) is 1. The molecule has 0 aromatic heterocycles. The summed E-state index contributed by atoms with van der Waals surface area (Å²) in [5.41, 5.74) is 6.30. The van der Waals surface area contributed by atoms with Gasteiger partial charge in [-0.05, 0) is 24.3 Å². The molecule has 1 aliphatic rings. The third-order valence-corrected chi connectivity index (χ3v) is 5.19. The number of nitrogens with one attached hydrogen (secondary N) is 1. The van der Waals surface area contributed by atoms with E-state index in [0.29, 0.717) is 18.9 Å². The van der Waals surface area contributed by atoms with Crippen LogP contribution in [0, 0.1) is 5.92 Å². The van der Waals surface area contributed by atoms with Crippen molar-refractivity contribution in [2.75, 3.05) is 32.6 Å². The quantitative estimate of drug-likeness (QED) is 0.805. The van der Waals surface area contributed by atoms with Crippen molar-refractivity contribution in [1.82, 2.24) is 4.31 Å². The van der Waals surface area contributed by atoms with E-state index in [4.69, 9.17) is 10.5 Å². The number of carbonyl (C=O) groups excluding carboxylic acids is 1. The first-order chi connectivity index (χ1) is 9.82. The van der Waals surface area contributed by atoms with Crippen molar-refractivity contribution >= 4 is 21.6 Å². The van der Waals surface area contributed by atoms with Gasteiger partial charge in [0, 0.05) is 25.8 Å². The van der Waals surface area contributed by atoms with Gasteiger partial charge in [-0.2, -0.15) is 0 Å². The Hall–Kier alpha value is -1.48. The first-order valence-corrected chi connectivity index (χ1v) is 7.93. The van der Waals surface area contributed by atoms with E-state index in [-0.39, 0.29) is 22.8 Å². The molecule has 21 heavy (non-hydrogen) atoms. The highest BCUT2D eigenvalue weighted by Gasteiger charge is 2.31. The molecule has 0 radical (unpaired) electrons. The maximum atomic E-state index is 12.0. The number of benzene rings is 1. The summed E-state index contributed by atoms with van der Waals surface area (Å²) in [6.07, 6.45) is 0. The second kappa shape index (κ2) is 6.10. The van der Waals surface area contributed by atoms with Gasteiger partial charge in [-0.15, -0.1) is 0 Å². The first kappa shape index (κ1) is 15.9. The minimum atomic E-state index is -3.47. The van der Waals surface area contributed by atoms with E-state index in [1.54, 1.807) is 12.1 Å². The van der Waals surface area contributed by atoms with Gasteiger partial charge in [-0.3, -0.25) is 4.79 Å². The molecule has 2 rings (SSSR count). The number of hydrogen-bond acceptors (Lipinski definition) is 5. The smallest absolute Gasteiger partial charge is 0.242 e. The van der Waals surface area contributed by atoms with Crippen molar-refractivity contribution < 1.29 is 17.9 Å². The van der Waals surface area contributed by atoms with Crippen LogP contribution in [0.15, 0.2) is 29.2 Å². The minimum Gasteiger partial charge on any atom is -0.379 e. The van der Waals surface area contributed by atoms with Crippen LogP contribution in [0.2, 0.25) is 0 Å². The first-order valence-electron chi connectivity index (χ1n) is 6.49. The highest BCUT2D eigenvalue weighted by atomic mass is 32.2. The molecule has 1 amide bonds. The maximum absolute atomic E-state index is 12.0. The number of hydrogen-bond donors (Lipinski definition) is 2. The van der Waals surface area contributed by atoms with Gasteiger partial charge in [0.2, 0.25) is 15.9 Å². The Morgan fingerprint density at radius 3 is 2.38 bits per heavy atom. The van der Waals surface area contributed by atoms with E-state index in [1.807, 2.05) is 0 Å². The molecule has 1 fully saturated rings. The molecule has 1 aliphatic heterocycles. The summed E-state index contributed by atoms with van der Waals surface area (Å²) in [5, 5.41) is 2.71. The van der Waals surface area contributed by atoms with Crippen LogP contribution >= 0.6 is 0 Å². The SMILES string of the molecule is CN(C)S(=O)(=O)c1ccc(NC(=O)C2COCC2N)cc1. The van der Waals surface area contributed by atoms with Crippen LogP contribution in [0.5, 0.6) is 0 Å². The number of sulfonamides is 1. The molecule has 0 bridgehead atoms. The van der Waals surface area contributed by atoms with Crippen molar-refractivity contribution in [3.8, 4) is 0 Å². The van der Waals surface area contributed by atoms with Gasteiger partial charge >= 0.3 is 0 Å². The average Bonchev–Trinajstić information content (AvgIpc) is 2.85. The van der Waals surface area contributed by atoms with Crippen molar-refractivity contribution in [2.24, 2.45) is 11.7 Å². The predicted octanol–water partition coefficient (Wildman–Crippen LogP) is -0.151. The van der Waals surface area contributed by atoms with Crippen molar-refractivity contribution in [3.63, 3.8) is 0 Å². The molecular formula is C13H19N3O4S. The minimum absolute atomic E-state index is 0.173. The standard InChI is InChI=1S/C13H19N3O4S/c1-16(2)21(18,19)10-5-3-9(4-6-10)15-13(17)11-7-20-8-12(11)14/h3-6,11-12H,7-8,14H2,1-2H3,(H,15,17). The monoisotopic (exact) mass is 313 g/mol. The van der Waals surface area contributed by atoms with Crippen LogP contribution in [-0.4, -0.2) is 52.0 Å². The lowest BCUT2D eigenvalue weighted by Crippen LogP contribution is -2.37. The van der Waals surface area contributed by atoms with Gasteiger partial charge in [0.05, 0.1) is 24.0 Å². The lowest BCUT2D eigenvalue weighted by molar-refractivity contribution is -0.120. The van der Waals surface area contributed by atoms with Crippen LogP contribution in [0.3, 0.4) is 0 Å². The van der Waals surface area contributed by atoms with Gasteiger partial charge in [-0.1, -0.05) is 0 Å². The number of amides is 1. The molecule has 1 saturated heterocycles. The Labute approximate surface area is 124 Å². The largest absolute Gasteiger partial charge is 0.379 e. The van der Waals surface area contributed by atoms with Crippen LogP contribution in [0.4, 0.5) is 5.69 Å². The predicted molar refractivity (Wildman–Crippen MR) is 78.2 cm³/mol. The molecule has 2 atom stereocenters. The third-order valence-electron chi connectivity index (χ3n) is 3.36. The zero-order valence-corrected chi connectivity index (χ0v) is 12.8. The summed E-state index contributed by atoms with van der Waals surface area (Å²) in [6, 6.07) is 5.70. The van der Waals surface area contributed by atoms with Gasteiger partial charge < -0.3 is 15.8 Å². The Bertz CT molecular complexity index is 613. The molecule has 116 valence electrons. The lowest BCUT2D eigenvalue weighted by Gasteiger charge is -2.14. The molecule has 1 aromatic rings. The number of carbonyl (C=O) groups is 1. The Kier molecular flexibility index (Phi) is 4.62. The van der Waals surface area contributed by atoms with Crippen molar-refractivity contribution in [1.29, 1.82) is 0 Å². The van der Waals surface area contributed by atoms with Crippen LogP contribution in [0.25, 0.3) is 0 Å².